The molecule has 0 heterocycles. The first-order valence-electron chi connectivity index (χ1n) is 6.85. The number of nitrogen functional groups attached to an aromatic ring is 1. The molecule has 3 N–H and O–H groups in total. The number of hydrogen-bond donors (Lipinski definition) is 2. The van der Waals surface area contributed by atoms with E-state index < -0.39 is 0 Å². The molecule has 0 aliphatic rings. The molecule has 0 saturated carbocycles. The Morgan fingerprint density at radius 1 is 1.30 bits per heavy atom. The highest BCUT2D eigenvalue weighted by Gasteiger charge is 2.14. The highest BCUT2D eigenvalue weighted by Crippen LogP contribution is 2.23. The summed E-state index contributed by atoms with van der Waals surface area (Å²) in [6, 6.07) is 6.05. The molecule has 1 aromatic rings. The Hall–Kier alpha value is -1.26. The van der Waals surface area contributed by atoms with E-state index in [1.165, 1.54) is 0 Å². The Bertz CT molecular complexity index is 452. The van der Waals surface area contributed by atoms with Gasteiger partial charge in [-0.25, -0.2) is 0 Å². The molecule has 0 unspecified atom stereocenters. The lowest BCUT2D eigenvalue weighted by molar-refractivity contribution is 0.142. The van der Waals surface area contributed by atoms with E-state index in [1.54, 1.807) is 18.2 Å². The molecule has 0 aromatic heterocycles. The van der Waals surface area contributed by atoms with Crippen LogP contribution < -0.4 is 10.5 Å². The number of ether oxygens (including phenoxy) is 1. The van der Waals surface area contributed by atoms with Gasteiger partial charge in [-0.1, -0.05) is 11.6 Å². The molecule has 1 rings (SSSR count). The van der Waals surface area contributed by atoms with Crippen LogP contribution >= 0.6 is 11.6 Å². The first kappa shape index (κ1) is 16.8. The monoisotopic (exact) mass is 297 g/mol. The van der Waals surface area contributed by atoms with Crippen molar-refractivity contribution in [3.63, 3.8) is 0 Å². The third-order valence-corrected chi connectivity index (χ3v) is 3.40. The van der Waals surface area contributed by atoms with Crippen LogP contribution in [-0.4, -0.2) is 36.0 Å². The van der Waals surface area contributed by atoms with E-state index in [0.29, 0.717) is 35.0 Å². The van der Waals surface area contributed by atoms with Gasteiger partial charge in [0.05, 0.1) is 5.56 Å². The summed E-state index contributed by atoms with van der Waals surface area (Å²) in [6.07, 6.45) is 0. The van der Waals surface area contributed by atoms with Crippen LogP contribution in [0.25, 0.3) is 0 Å². The van der Waals surface area contributed by atoms with Crippen LogP contribution in [0, 0.1) is 5.41 Å². The van der Waals surface area contributed by atoms with Gasteiger partial charge in [-0.3, -0.25) is 10.3 Å². The van der Waals surface area contributed by atoms with E-state index in [1.807, 2.05) is 0 Å². The maximum atomic E-state index is 7.55. The number of nitrogens with zero attached hydrogens (tertiary/aromatic N) is 1. The van der Waals surface area contributed by atoms with Crippen LogP contribution in [0.3, 0.4) is 0 Å². The van der Waals surface area contributed by atoms with Crippen molar-refractivity contribution >= 4 is 17.4 Å². The molecule has 0 fully saturated rings. The average molecular weight is 298 g/mol. The standard InChI is InChI=1S/C15H24ClN3O/c1-10(2)19(11(3)4)7-8-20-14-9-12(16)5-6-13(14)15(17)18/h5-6,9-11H,7-8H2,1-4H3,(H3,17,18). The minimum atomic E-state index is -0.0127. The topological polar surface area (TPSA) is 62.3 Å². The van der Waals surface area contributed by atoms with E-state index in [9.17, 15) is 0 Å². The Morgan fingerprint density at radius 2 is 1.90 bits per heavy atom. The van der Waals surface area contributed by atoms with Crippen molar-refractivity contribution in [1.29, 1.82) is 5.41 Å². The second-order valence-electron chi connectivity index (χ2n) is 5.33. The maximum absolute atomic E-state index is 7.55. The van der Waals surface area contributed by atoms with Crippen molar-refractivity contribution in [2.75, 3.05) is 13.2 Å². The largest absolute Gasteiger partial charge is 0.491 e. The van der Waals surface area contributed by atoms with Crippen molar-refractivity contribution in [2.24, 2.45) is 5.73 Å². The minimum Gasteiger partial charge on any atom is -0.491 e. The summed E-state index contributed by atoms with van der Waals surface area (Å²) >= 11 is 5.96. The highest BCUT2D eigenvalue weighted by molar-refractivity contribution is 6.30. The number of nitrogens with one attached hydrogen (secondary N) is 1. The first-order valence-corrected chi connectivity index (χ1v) is 7.23. The van der Waals surface area contributed by atoms with Crippen LogP contribution in [0.4, 0.5) is 0 Å². The average Bonchev–Trinajstić information content (AvgIpc) is 2.33. The van der Waals surface area contributed by atoms with Gasteiger partial charge < -0.3 is 10.5 Å². The van der Waals surface area contributed by atoms with E-state index >= 15 is 0 Å². The molecule has 0 amide bonds. The zero-order chi connectivity index (χ0) is 15.3. The normalized spacial score (nSPS) is 11.4. The summed E-state index contributed by atoms with van der Waals surface area (Å²) in [5.41, 5.74) is 6.12. The number of rotatable bonds is 7. The van der Waals surface area contributed by atoms with Crippen LogP contribution in [0.1, 0.15) is 33.3 Å². The van der Waals surface area contributed by atoms with Gasteiger partial charge in [0.15, 0.2) is 0 Å². The number of amidine groups is 1. The number of nitrogens with two attached hydrogens (primary N) is 1. The molecule has 20 heavy (non-hydrogen) atoms. The van der Waals surface area contributed by atoms with Crippen molar-refractivity contribution in [2.45, 2.75) is 39.8 Å². The fourth-order valence-electron chi connectivity index (χ4n) is 2.21. The van der Waals surface area contributed by atoms with Crippen molar-refractivity contribution in [1.82, 2.24) is 4.90 Å². The van der Waals surface area contributed by atoms with E-state index in [-0.39, 0.29) is 5.84 Å². The van der Waals surface area contributed by atoms with Gasteiger partial charge in [-0.05, 0) is 45.9 Å². The SMILES string of the molecule is CC(C)N(CCOc1cc(Cl)ccc1C(=N)N)C(C)C. The zero-order valence-corrected chi connectivity index (χ0v) is 13.4. The molecule has 1 aromatic carbocycles. The summed E-state index contributed by atoms with van der Waals surface area (Å²) in [7, 11) is 0. The lowest BCUT2D eigenvalue weighted by Crippen LogP contribution is -2.39. The first-order chi connectivity index (χ1) is 9.32. The minimum absolute atomic E-state index is 0.0127. The summed E-state index contributed by atoms with van der Waals surface area (Å²) in [4.78, 5) is 2.35. The second-order valence-corrected chi connectivity index (χ2v) is 5.76. The van der Waals surface area contributed by atoms with Crippen LogP contribution in [0.5, 0.6) is 5.75 Å². The van der Waals surface area contributed by atoms with Gasteiger partial charge in [-0.15, -0.1) is 0 Å². The predicted octanol–water partition coefficient (Wildman–Crippen LogP) is 3.12. The Morgan fingerprint density at radius 3 is 2.40 bits per heavy atom. The third kappa shape index (κ3) is 4.69. The smallest absolute Gasteiger partial charge is 0.131 e. The molecule has 112 valence electrons. The Balaban J connectivity index is 2.70. The predicted molar refractivity (Wildman–Crippen MR) is 84.9 cm³/mol. The van der Waals surface area contributed by atoms with Gasteiger partial charge in [-0.2, -0.15) is 0 Å². The summed E-state index contributed by atoms with van der Waals surface area (Å²) in [5, 5.41) is 8.13. The highest BCUT2D eigenvalue weighted by atomic mass is 35.5. The van der Waals surface area contributed by atoms with Gasteiger partial charge in [0.25, 0.3) is 0 Å². The zero-order valence-electron chi connectivity index (χ0n) is 12.6. The lowest BCUT2D eigenvalue weighted by atomic mass is 10.2. The second kappa shape index (κ2) is 7.50. The molecule has 0 radical (unpaired) electrons. The molecular formula is C15H24ClN3O. The van der Waals surface area contributed by atoms with E-state index in [4.69, 9.17) is 27.5 Å². The van der Waals surface area contributed by atoms with Gasteiger partial charge >= 0.3 is 0 Å². The fraction of sp³-hybridized carbons (Fsp3) is 0.533. The lowest BCUT2D eigenvalue weighted by Gasteiger charge is -2.30. The Kier molecular flexibility index (Phi) is 6.30. The van der Waals surface area contributed by atoms with Gasteiger partial charge in [0.1, 0.15) is 18.2 Å². The van der Waals surface area contributed by atoms with Gasteiger partial charge in [0, 0.05) is 23.7 Å². The maximum Gasteiger partial charge on any atom is 0.131 e. The van der Waals surface area contributed by atoms with Crippen molar-refractivity contribution in [3.8, 4) is 5.75 Å². The fourth-order valence-corrected chi connectivity index (χ4v) is 2.37. The molecular weight excluding hydrogens is 274 g/mol. The van der Waals surface area contributed by atoms with Crippen LogP contribution in [0.2, 0.25) is 5.02 Å². The van der Waals surface area contributed by atoms with Crippen LogP contribution in [-0.2, 0) is 0 Å². The van der Waals surface area contributed by atoms with E-state index in [0.717, 1.165) is 6.54 Å². The number of hydrogen-bond acceptors (Lipinski definition) is 3. The number of benzene rings is 1. The molecule has 5 heteroatoms. The molecule has 0 bridgehead atoms. The third-order valence-electron chi connectivity index (χ3n) is 3.17. The molecule has 0 aliphatic heterocycles. The molecule has 4 nitrogen and oxygen atoms in total. The molecule has 0 saturated heterocycles. The summed E-state index contributed by atoms with van der Waals surface area (Å²) in [6.45, 7) is 10.0. The van der Waals surface area contributed by atoms with E-state index in [2.05, 4.69) is 32.6 Å². The summed E-state index contributed by atoms with van der Waals surface area (Å²) in [5.74, 6) is 0.554. The molecule has 0 aliphatic carbocycles. The number of halogens is 1. The Labute approximate surface area is 126 Å². The molecule has 0 spiro atoms. The molecule has 0 atom stereocenters. The van der Waals surface area contributed by atoms with Crippen molar-refractivity contribution < 1.29 is 4.74 Å². The van der Waals surface area contributed by atoms with Gasteiger partial charge in [0.2, 0.25) is 0 Å². The van der Waals surface area contributed by atoms with Crippen LogP contribution in [0.15, 0.2) is 18.2 Å². The summed E-state index contributed by atoms with van der Waals surface area (Å²) < 4.78 is 5.76. The quantitative estimate of drug-likeness (QED) is 0.600. The van der Waals surface area contributed by atoms with Crippen molar-refractivity contribution in [3.05, 3.63) is 28.8 Å².